The van der Waals surface area contributed by atoms with Gasteiger partial charge in [-0.05, 0) is 36.9 Å². The van der Waals surface area contributed by atoms with Crippen molar-refractivity contribution in [3.05, 3.63) is 53.1 Å². The van der Waals surface area contributed by atoms with Crippen LogP contribution in [0.25, 0.3) is 20.7 Å². The summed E-state index contributed by atoms with van der Waals surface area (Å²) >= 11 is 1.52. The van der Waals surface area contributed by atoms with Crippen molar-refractivity contribution in [2.45, 2.75) is 19.4 Å². The normalized spacial score (nSPS) is 18.4. The lowest BCUT2D eigenvalue weighted by Gasteiger charge is -2.32. The Hall–Kier alpha value is -2.02. The number of hydrogen-bond donors (Lipinski definition) is 1. The number of benzene rings is 1. The van der Waals surface area contributed by atoms with Gasteiger partial charge < -0.3 is 10.0 Å². The number of β-amino-alcohol motifs (C(OH)–C–C–N with tert-alkyl or cyclic N) is 1. The molecule has 1 aliphatic rings. The first-order valence-electron chi connectivity index (χ1n) is 9.12. The van der Waals surface area contributed by atoms with Gasteiger partial charge in [-0.3, -0.25) is 9.36 Å². The summed E-state index contributed by atoms with van der Waals surface area (Å²) in [7, 11) is 0. The summed E-state index contributed by atoms with van der Waals surface area (Å²) in [6.07, 6.45) is 3.93. The predicted molar refractivity (Wildman–Crippen MR) is 106 cm³/mol. The molecule has 1 saturated heterocycles. The van der Waals surface area contributed by atoms with Gasteiger partial charge >= 0.3 is 0 Å². The summed E-state index contributed by atoms with van der Waals surface area (Å²) < 4.78 is 2.50. The number of piperidine rings is 1. The second-order valence-electron chi connectivity index (χ2n) is 6.93. The average Bonchev–Trinajstić information content (AvgIpc) is 3.11. The molecule has 136 valence electrons. The van der Waals surface area contributed by atoms with Gasteiger partial charge in [0.1, 0.15) is 4.70 Å². The number of likely N-dealkylation sites (tertiary alicyclic amines) is 1. The number of thiophene rings is 1. The SMILES string of the molecule is O=c1c2sc(-c3ccccc3)cc2ncn1C[C@@H]1CCCN(CCO)C1. The third kappa shape index (κ3) is 3.58. The quantitative estimate of drug-likeness (QED) is 0.751. The summed E-state index contributed by atoms with van der Waals surface area (Å²) in [5.74, 6) is 0.431. The fraction of sp³-hybridized carbons (Fsp3) is 0.400. The number of aliphatic hydroxyl groups is 1. The van der Waals surface area contributed by atoms with Crippen LogP contribution in [0.2, 0.25) is 0 Å². The van der Waals surface area contributed by atoms with Gasteiger partial charge in [0.25, 0.3) is 5.56 Å². The third-order valence-electron chi connectivity index (χ3n) is 5.04. The van der Waals surface area contributed by atoms with Crippen molar-refractivity contribution < 1.29 is 5.11 Å². The highest BCUT2D eigenvalue weighted by atomic mass is 32.1. The fourth-order valence-electron chi connectivity index (χ4n) is 3.74. The Bertz CT molecular complexity index is 933. The zero-order valence-electron chi connectivity index (χ0n) is 14.7. The van der Waals surface area contributed by atoms with Gasteiger partial charge in [0, 0.05) is 24.5 Å². The van der Waals surface area contributed by atoms with E-state index in [9.17, 15) is 4.79 Å². The van der Waals surface area contributed by atoms with Crippen LogP contribution in [0.1, 0.15) is 12.8 Å². The molecular weight excluding hydrogens is 346 g/mol. The minimum Gasteiger partial charge on any atom is -0.395 e. The van der Waals surface area contributed by atoms with Crippen molar-refractivity contribution in [3.8, 4) is 10.4 Å². The van der Waals surface area contributed by atoms with Gasteiger partial charge in [-0.25, -0.2) is 4.98 Å². The molecule has 3 heterocycles. The maximum absolute atomic E-state index is 12.9. The number of aliphatic hydroxyl groups excluding tert-OH is 1. The molecule has 0 amide bonds. The molecule has 6 heteroatoms. The van der Waals surface area contributed by atoms with E-state index in [4.69, 9.17) is 5.11 Å². The molecule has 1 aromatic carbocycles. The summed E-state index contributed by atoms with van der Waals surface area (Å²) in [5, 5.41) is 9.15. The molecular formula is C20H23N3O2S. The number of hydrogen-bond acceptors (Lipinski definition) is 5. The Morgan fingerprint density at radius 2 is 2.12 bits per heavy atom. The summed E-state index contributed by atoms with van der Waals surface area (Å²) in [4.78, 5) is 20.8. The maximum Gasteiger partial charge on any atom is 0.271 e. The Morgan fingerprint density at radius 3 is 2.92 bits per heavy atom. The molecule has 1 aliphatic heterocycles. The molecule has 0 bridgehead atoms. The Morgan fingerprint density at radius 1 is 1.27 bits per heavy atom. The Balaban J connectivity index is 1.59. The van der Waals surface area contributed by atoms with Gasteiger partial charge in [0.05, 0.1) is 18.5 Å². The van der Waals surface area contributed by atoms with Crippen molar-refractivity contribution in [2.75, 3.05) is 26.2 Å². The second-order valence-corrected chi connectivity index (χ2v) is 7.98. The second kappa shape index (κ2) is 7.70. The van der Waals surface area contributed by atoms with Gasteiger partial charge in [-0.15, -0.1) is 11.3 Å². The predicted octanol–water partition coefficient (Wildman–Crippen LogP) is 2.83. The monoisotopic (exact) mass is 369 g/mol. The lowest BCUT2D eigenvalue weighted by atomic mass is 9.98. The zero-order valence-corrected chi connectivity index (χ0v) is 15.5. The van der Waals surface area contributed by atoms with Crippen LogP contribution in [-0.4, -0.2) is 45.8 Å². The molecule has 0 aliphatic carbocycles. The van der Waals surface area contributed by atoms with Crippen molar-refractivity contribution in [1.29, 1.82) is 0 Å². The van der Waals surface area contributed by atoms with Crippen molar-refractivity contribution in [3.63, 3.8) is 0 Å². The Labute approximate surface area is 156 Å². The van der Waals surface area contributed by atoms with E-state index in [1.165, 1.54) is 11.3 Å². The first kappa shape index (κ1) is 17.4. The summed E-state index contributed by atoms with van der Waals surface area (Å²) in [6.45, 7) is 3.58. The van der Waals surface area contributed by atoms with Crippen LogP contribution >= 0.6 is 11.3 Å². The lowest BCUT2D eigenvalue weighted by Crippen LogP contribution is -2.39. The highest BCUT2D eigenvalue weighted by Crippen LogP contribution is 2.30. The minimum atomic E-state index is 0.0569. The van der Waals surface area contributed by atoms with Gasteiger partial charge in [0.15, 0.2) is 0 Å². The number of rotatable bonds is 5. The summed E-state index contributed by atoms with van der Waals surface area (Å²) in [6, 6.07) is 12.1. The van der Waals surface area contributed by atoms with Gasteiger partial charge in [-0.1, -0.05) is 30.3 Å². The smallest absolute Gasteiger partial charge is 0.271 e. The van der Waals surface area contributed by atoms with Crippen LogP contribution in [0.4, 0.5) is 0 Å². The van der Waals surface area contributed by atoms with E-state index in [1.54, 1.807) is 10.9 Å². The van der Waals surface area contributed by atoms with Crippen LogP contribution in [0.5, 0.6) is 0 Å². The van der Waals surface area contributed by atoms with Crippen molar-refractivity contribution >= 4 is 21.6 Å². The number of nitrogens with zero attached hydrogens (tertiary/aromatic N) is 3. The number of fused-ring (bicyclic) bond motifs is 1. The molecule has 26 heavy (non-hydrogen) atoms. The van der Waals surface area contributed by atoms with Crippen molar-refractivity contribution in [2.24, 2.45) is 5.92 Å². The molecule has 4 rings (SSSR count). The first-order valence-corrected chi connectivity index (χ1v) is 9.94. The topological polar surface area (TPSA) is 58.4 Å². The van der Waals surface area contributed by atoms with Crippen molar-refractivity contribution in [1.82, 2.24) is 14.5 Å². The fourth-order valence-corrected chi connectivity index (χ4v) is 4.81. The van der Waals surface area contributed by atoms with E-state index in [0.29, 0.717) is 19.0 Å². The molecule has 0 unspecified atom stereocenters. The van der Waals surface area contributed by atoms with Crippen LogP contribution < -0.4 is 5.56 Å². The molecule has 3 aromatic rings. The van der Waals surface area contributed by atoms with Crippen LogP contribution in [0.15, 0.2) is 47.5 Å². The maximum atomic E-state index is 12.9. The molecule has 0 saturated carbocycles. The van der Waals surface area contributed by atoms with Gasteiger partial charge in [-0.2, -0.15) is 0 Å². The molecule has 5 nitrogen and oxygen atoms in total. The molecule has 2 aromatic heterocycles. The molecule has 1 fully saturated rings. The summed E-state index contributed by atoms with van der Waals surface area (Å²) in [5.41, 5.74) is 1.95. The highest BCUT2D eigenvalue weighted by Gasteiger charge is 2.21. The van der Waals surface area contributed by atoms with E-state index in [2.05, 4.69) is 22.0 Å². The van der Waals surface area contributed by atoms with E-state index in [1.807, 2.05) is 24.3 Å². The van der Waals surface area contributed by atoms with Crippen LogP contribution in [-0.2, 0) is 6.54 Å². The van der Waals surface area contributed by atoms with Crippen LogP contribution in [0, 0.1) is 5.92 Å². The molecule has 0 radical (unpaired) electrons. The molecule has 1 atom stereocenters. The molecule has 1 N–H and O–H groups in total. The largest absolute Gasteiger partial charge is 0.395 e. The van der Waals surface area contributed by atoms with E-state index in [-0.39, 0.29) is 12.2 Å². The third-order valence-corrected chi connectivity index (χ3v) is 6.20. The Kier molecular flexibility index (Phi) is 5.15. The minimum absolute atomic E-state index is 0.0569. The average molecular weight is 369 g/mol. The molecule has 0 spiro atoms. The van der Waals surface area contributed by atoms with E-state index in [0.717, 1.165) is 46.6 Å². The van der Waals surface area contributed by atoms with E-state index >= 15 is 0 Å². The van der Waals surface area contributed by atoms with E-state index < -0.39 is 0 Å². The first-order chi connectivity index (χ1) is 12.7. The number of aromatic nitrogens is 2. The standard InChI is InChI=1S/C20H23N3O2S/c24-10-9-22-8-4-5-15(12-22)13-23-14-21-17-11-18(26-19(17)20(23)25)16-6-2-1-3-7-16/h1-3,6-7,11,14-15,24H,4-5,8-10,12-13H2/t15-/m1/s1. The van der Waals surface area contributed by atoms with Crippen LogP contribution in [0.3, 0.4) is 0 Å². The van der Waals surface area contributed by atoms with Gasteiger partial charge in [0.2, 0.25) is 0 Å². The zero-order chi connectivity index (χ0) is 17.9. The lowest BCUT2D eigenvalue weighted by molar-refractivity contribution is 0.132. The highest BCUT2D eigenvalue weighted by molar-refractivity contribution is 7.22.